The average Bonchev–Trinajstić information content (AvgIpc) is 2.80. The van der Waals surface area contributed by atoms with E-state index >= 15 is 0 Å². The Morgan fingerprint density at radius 2 is 2.05 bits per heavy atom. The summed E-state index contributed by atoms with van der Waals surface area (Å²) < 4.78 is 24.6. The van der Waals surface area contributed by atoms with Crippen LogP contribution in [0.15, 0.2) is 24.3 Å². The highest BCUT2D eigenvalue weighted by molar-refractivity contribution is 7.92. The second kappa shape index (κ2) is 6.92. The summed E-state index contributed by atoms with van der Waals surface area (Å²) >= 11 is 0. The van der Waals surface area contributed by atoms with E-state index < -0.39 is 10.0 Å². The van der Waals surface area contributed by atoms with Crippen LogP contribution >= 0.6 is 12.4 Å². The number of nitrogens with one attached hydrogen (secondary N) is 3. The number of anilines is 2. The molecular weight excluding hydrogens is 302 g/mol. The lowest BCUT2D eigenvalue weighted by molar-refractivity contribution is -0.119. The molecule has 0 saturated carbocycles. The summed E-state index contributed by atoms with van der Waals surface area (Å²) in [6.07, 6.45) is 1.91. The van der Waals surface area contributed by atoms with Crippen LogP contribution in [-0.4, -0.2) is 33.7 Å². The topological polar surface area (TPSA) is 87.3 Å². The predicted molar refractivity (Wildman–Crippen MR) is 81.8 cm³/mol. The number of rotatable bonds is 4. The summed E-state index contributed by atoms with van der Waals surface area (Å²) in [5, 5.41) is 5.93. The number of carbonyl (C=O) groups is 1. The first-order valence-corrected chi connectivity index (χ1v) is 7.92. The lowest BCUT2D eigenvalue weighted by Crippen LogP contribution is -2.24. The fraction of sp³-hybridized carbons (Fsp3) is 0.417. The fourth-order valence-electron chi connectivity index (χ4n) is 2.00. The molecule has 2 rings (SSSR count). The molecule has 1 aromatic rings. The Hall–Kier alpha value is -1.31. The molecule has 0 spiro atoms. The number of benzene rings is 1. The third kappa shape index (κ3) is 4.99. The highest BCUT2D eigenvalue weighted by Gasteiger charge is 2.22. The van der Waals surface area contributed by atoms with Gasteiger partial charge < -0.3 is 10.6 Å². The highest BCUT2D eigenvalue weighted by atomic mass is 35.5. The maximum atomic E-state index is 11.9. The zero-order valence-electron chi connectivity index (χ0n) is 11.0. The number of carbonyl (C=O) groups excluding carboxylic acids is 1. The third-order valence-electron chi connectivity index (χ3n) is 2.86. The Morgan fingerprint density at radius 3 is 2.65 bits per heavy atom. The van der Waals surface area contributed by atoms with Gasteiger partial charge in [0.05, 0.1) is 17.9 Å². The zero-order valence-corrected chi connectivity index (χ0v) is 12.7. The second-order valence-corrected chi connectivity index (χ2v) is 6.38. The van der Waals surface area contributed by atoms with E-state index in [-0.39, 0.29) is 24.2 Å². The number of hydrogen-bond donors (Lipinski definition) is 3. The van der Waals surface area contributed by atoms with Crippen LogP contribution in [0, 0.1) is 5.92 Å². The van der Waals surface area contributed by atoms with E-state index in [2.05, 4.69) is 15.4 Å². The second-order valence-electron chi connectivity index (χ2n) is 4.63. The molecule has 1 aliphatic heterocycles. The Labute approximate surface area is 124 Å². The van der Waals surface area contributed by atoms with Crippen LogP contribution in [0.1, 0.15) is 6.42 Å². The van der Waals surface area contributed by atoms with Crippen molar-refractivity contribution >= 4 is 39.7 Å². The maximum Gasteiger partial charge on any atom is 0.229 e. The van der Waals surface area contributed by atoms with Gasteiger partial charge in [-0.3, -0.25) is 9.52 Å². The molecule has 0 radical (unpaired) electrons. The minimum atomic E-state index is -3.31. The molecule has 3 N–H and O–H groups in total. The van der Waals surface area contributed by atoms with E-state index in [1.54, 1.807) is 24.3 Å². The zero-order chi connectivity index (χ0) is 13.9. The minimum Gasteiger partial charge on any atom is -0.326 e. The van der Waals surface area contributed by atoms with Gasteiger partial charge in [0, 0.05) is 12.2 Å². The van der Waals surface area contributed by atoms with E-state index in [4.69, 9.17) is 0 Å². The minimum absolute atomic E-state index is 0. The molecule has 1 atom stereocenters. The number of sulfonamides is 1. The van der Waals surface area contributed by atoms with Gasteiger partial charge >= 0.3 is 0 Å². The molecule has 8 heteroatoms. The molecule has 6 nitrogen and oxygen atoms in total. The van der Waals surface area contributed by atoms with Gasteiger partial charge in [-0.05, 0) is 31.2 Å². The number of halogens is 1. The first kappa shape index (κ1) is 16.7. The van der Waals surface area contributed by atoms with Gasteiger partial charge in [0.25, 0.3) is 0 Å². The summed E-state index contributed by atoms with van der Waals surface area (Å²) in [6.45, 7) is 1.54. The van der Waals surface area contributed by atoms with E-state index in [9.17, 15) is 13.2 Å². The number of hydrogen-bond acceptors (Lipinski definition) is 4. The van der Waals surface area contributed by atoms with Gasteiger partial charge in [-0.25, -0.2) is 8.42 Å². The van der Waals surface area contributed by atoms with Crippen molar-refractivity contribution in [2.24, 2.45) is 5.92 Å². The van der Waals surface area contributed by atoms with Crippen LogP contribution in [0.4, 0.5) is 11.4 Å². The molecule has 1 unspecified atom stereocenters. The molecule has 112 valence electrons. The first-order valence-electron chi connectivity index (χ1n) is 6.03. The first-order chi connectivity index (χ1) is 8.94. The van der Waals surface area contributed by atoms with Crippen LogP contribution in [0.3, 0.4) is 0 Å². The summed E-state index contributed by atoms with van der Waals surface area (Å²) in [6, 6.07) is 6.65. The average molecular weight is 320 g/mol. The van der Waals surface area contributed by atoms with E-state index in [0.717, 1.165) is 19.2 Å². The Kier molecular flexibility index (Phi) is 5.79. The van der Waals surface area contributed by atoms with Gasteiger partial charge in [0.1, 0.15) is 0 Å². The summed E-state index contributed by atoms with van der Waals surface area (Å²) in [7, 11) is -3.31. The van der Waals surface area contributed by atoms with Crippen molar-refractivity contribution < 1.29 is 13.2 Å². The largest absolute Gasteiger partial charge is 0.326 e. The Balaban J connectivity index is 0.00000200. The highest BCUT2D eigenvalue weighted by Crippen LogP contribution is 2.18. The van der Waals surface area contributed by atoms with Crippen molar-refractivity contribution in [3.8, 4) is 0 Å². The molecule has 1 saturated heterocycles. The smallest absolute Gasteiger partial charge is 0.229 e. The predicted octanol–water partition coefficient (Wildman–Crippen LogP) is 1.03. The van der Waals surface area contributed by atoms with E-state index in [1.807, 2.05) is 0 Å². The van der Waals surface area contributed by atoms with Gasteiger partial charge in [0.2, 0.25) is 15.9 Å². The van der Waals surface area contributed by atoms with Crippen molar-refractivity contribution in [3.63, 3.8) is 0 Å². The SMILES string of the molecule is CS(=O)(=O)Nc1cccc(NC(=O)C2CCNC2)c1.Cl. The van der Waals surface area contributed by atoms with Crippen molar-refractivity contribution in [2.45, 2.75) is 6.42 Å². The molecule has 1 fully saturated rings. The lowest BCUT2D eigenvalue weighted by atomic mass is 10.1. The van der Waals surface area contributed by atoms with Crippen LogP contribution in [0.2, 0.25) is 0 Å². The molecule has 20 heavy (non-hydrogen) atoms. The normalized spacial score (nSPS) is 18.1. The summed E-state index contributed by atoms with van der Waals surface area (Å²) in [5.41, 5.74) is 1.02. The molecule has 1 amide bonds. The van der Waals surface area contributed by atoms with Gasteiger partial charge in [-0.15, -0.1) is 12.4 Å². The van der Waals surface area contributed by atoms with E-state index in [0.29, 0.717) is 17.9 Å². The van der Waals surface area contributed by atoms with Crippen LogP contribution < -0.4 is 15.4 Å². The van der Waals surface area contributed by atoms with E-state index in [1.165, 1.54) is 0 Å². The molecule has 1 heterocycles. The van der Waals surface area contributed by atoms with Gasteiger partial charge in [-0.1, -0.05) is 6.07 Å². The van der Waals surface area contributed by atoms with Crippen LogP contribution in [0.25, 0.3) is 0 Å². The van der Waals surface area contributed by atoms with Crippen LogP contribution in [0.5, 0.6) is 0 Å². The fourth-order valence-corrected chi connectivity index (χ4v) is 2.55. The quantitative estimate of drug-likeness (QED) is 0.773. The summed E-state index contributed by atoms with van der Waals surface area (Å²) in [5.74, 6) is -0.0620. The maximum absolute atomic E-state index is 11.9. The molecule has 1 aromatic carbocycles. The van der Waals surface area contributed by atoms with Crippen molar-refractivity contribution in [1.29, 1.82) is 0 Å². The van der Waals surface area contributed by atoms with Gasteiger partial charge in [-0.2, -0.15) is 0 Å². The molecule has 1 aliphatic rings. The van der Waals surface area contributed by atoms with Crippen molar-refractivity contribution in [2.75, 3.05) is 29.4 Å². The lowest BCUT2D eigenvalue weighted by Gasteiger charge is -2.11. The number of amides is 1. The molecule has 0 bridgehead atoms. The molecule has 0 aromatic heterocycles. The Bertz CT molecular complexity index is 571. The standard InChI is InChI=1S/C12H17N3O3S.ClH/c1-19(17,18)15-11-4-2-3-10(7-11)14-12(16)9-5-6-13-8-9;/h2-4,7,9,13,15H,5-6,8H2,1H3,(H,14,16);1H. The van der Waals surface area contributed by atoms with Crippen molar-refractivity contribution in [1.82, 2.24) is 5.32 Å². The molecule has 0 aliphatic carbocycles. The third-order valence-corrected chi connectivity index (χ3v) is 3.47. The molecular formula is C12H18ClN3O3S. The van der Waals surface area contributed by atoms with Gasteiger partial charge in [0.15, 0.2) is 0 Å². The monoisotopic (exact) mass is 319 g/mol. The Morgan fingerprint density at radius 1 is 1.35 bits per heavy atom. The van der Waals surface area contributed by atoms with Crippen LogP contribution in [-0.2, 0) is 14.8 Å². The van der Waals surface area contributed by atoms with Crippen molar-refractivity contribution in [3.05, 3.63) is 24.3 Å². The summed E-state index contributed by atoms with van der Waals surface area (Å²) in [4.78, 5) is 11.9.